The summed E-state index contributed by atoms with van der Waals surface area (Å²) in [6, 6.07) is 0. The Labute approximate surface area is 88.4 Å². The van der Waals surface area contributed by atoms with Gasteiger partial charge in [-0.05, 0) is 12.3 Å². The van der Waals surface area contributed by atoms with Crippen LogP contribution in [0, 0.1) is 5.92 Å². The van der Waals surface area contributed by atoms with Gasteiger partial charge in [-0.15, -0.1) is 0 Å². The second-order valence-electron chi connectivity index (χ2n) is 3.75. The molecule has 0 heterocycles. The highest BCUT2D eigenvalue weighted by molar-refractivity contribution is 4.61. The maximum atomic E-state index is 11.7. The van der Waals surface area contributed by atoms with E-state index >= 15 is 0 Å². The summed E-state index contributed by atoms with van der Waals surface area (Å²) in [5.74, 6) is 0.118. The van der Waals surface area contributed by atoms with Gasteiger partial charge in [-0.3, -0.25) is 0 Å². The summed E-state index contributed by atoms with van der Waals surface area (Å²) in [5.41, 5.74) is 0. The maximum absolute atomic E-state index is 11.7. The van der Waals surface area contributed by atoms with Crippen LogP contribution in [0.25, 0.3) is 0 Å². The fourth-order valence-electron chi connectivity index (χ4n) is 1.02. The van der Waals surface area contributed by atoms with Crippen molar-refractivity contribution >= 4 is 0 Å². The molecule has 2 nitrogen and oxygen atoms in total. The fourth-order valence-corrected chi connectivity index (χ4v) is 1.02. The number of hydrogen-bond donors (Lipinski definition) is 1. The van der Waals surface area contributed by atoms with E-state index < -0.39 is 18.7 Å². The molecule has 0 saturated heterocycles. The number of ether oxygens (including phenoxy) is 1. The lowest BCUT2D eigenvalue weighted by molar-refractivity contribution is -0.138. The molecule has 0 saturated carbocycles. The van der Waals surface area contributed by atoms with E-state index in [0.717, 1.165) is 6.42 Å². The highest BCUT2D eigenvalue weighted by Crippen LogP contribution is 2.21. The quantitative estimate of drug-likeness (QED) is 0.679. The highest BCUT2D eigenvalue weighted by atomic mass is 19.4. The lowest BCUT2D eigenvalue weighted by Crippen LogP contribution is -2.23. The minimum Gasteiger partial charge on any atom is -0.390 e. The molecule has 0 amide bonds. The second-order valence-corrected chi connectivity index (χ2v) is 3.75. The SMILES string of the molecule is CCC(C)C(O)COCCCC(F)(F)F. The van der Waals surface area contributed by atoms with Gasteiger partial charge in [0, 0.05) is 13.0 Å². The molecule has 2 unspecified atom stereocenters. The molecule has 0 aromatic rings. The van der Waals surface area contributed by atoms with Crippen molar-refractivity contribution in [3.8, 4) is 0 Å². The predicted octanol–water partition coefficient (Wildman–Crippen LogP) is 2.75. The van der Waals surface area contributed by atoms with Crippen molar-refractivity contribution in [3.63, 3.8) is 0 Å². The Morgan fingerprint density at radius 2 is 1.93 bits per heavy atom. The molecule has 92 valence electrons. The Morgan fingerprint density at radius 1 is 1.33 bits per heavy atom. The molecule has 2 atom stereocenters. The number of rotatable bonds is 7. The monoisotopic (exact) mass is 228 g/mol. The Bertz CT molecular complexity index is 159. The van der Waals surface area contributed by atoms with Crippen LogP contribution in [-0.2, 0) is 4.74 Å². The van der Waals surface area contributed by atoms with Gasteiger partial charge in [-0.2, -0.15) is 13.2 Å². The van der Waals surface area contributed by atoms with Crippen molar-refractivity contribution < 1.29 is 23.0 Å². The lowest BCUT2D eigenvalue weighted by atomic mass is 10.0. The van der Waals surface area contributed by atoms with E-state index in [1.54, 1.807) is 0 Å². The fraction of sp³-hybridized carbons (Fsp3) is 1.00. The number of aliphatic hydroxyl groups excluding tert-OH is 1. The summed E-state index contributed by atoms with van der Waals surface area (Å²) in [7, 11) is 0. The zero-order valence-electron chi connectivity index (χ0n) is 9.18. The summed E-state index contributed by atoms with van der Waals surface area (Å²) < 4.78 is 40.1. The Hall–Kier alpha value is -0.290. The normalized spacial score (nSPS) is 16.4. The van der Waals surface area contributed by atoms with Gasteiger partial charge in [0.1, 0.15) is 0 Å². The average Bonchev–Trinajstić information content (AvgIpc) is 2.14. The van der Waals surface area contributed by atoms with Crippen LogP contribution in [0.3, 0.4) is 0 Å². The molecular weight excluding hydrogens is 209 g/mol. The average molecular weight is 228 g/mol. The predicted molar refractivity (Wildman–Crippen MR) is 51.6 cm³/mol. The van der Waals surface area contributed by atoms with Gasteiger partial charge in [-0.25, -0.2) is 0 Å². The van der Waals surface area contributed by atoms with Gasteiger partial charge in [0.2, 0.25) is 0 Å². The van der Waals surface area contributed by atoms with Crippen LogP contribution in [0.5, 0.6) is 0 Å². The second kappa shape index (κ2) is 7.06. The van der Waals surface area contributed by atoms with Crippen LogP contribution in [0.1, 0.15) is 33.1 Å². The van der Waals surface area contributed by atoms with E-state index in [1.807, 2.05) is 13.8 Å². The van der Waals surface area contributed by atoms with Gasteiger partial charge in [-0.1, -0.05) is 20.3 Å². The highest BCUT2D eigenvalue weighted by Gasteiger charge is 2.26. The van der Waals surface area contributed by atoms with Crippen LogP contribution in [0.15, 0.2) is 0 Å². The van der Waals surface area contributed by atoms with Crippen molar-refractivity contribution in [2.75, 3.05) is 13.2 Å². The molecule has 0 aromatic heterocycles. The lowest BCUT2D eigenvalue weighted by Gasteiger charge is -2.17. The molecule has 15 heavy (non-hydrogen) atoms. The third-order valence-electron chi connectivity index (χ3n) is 2.34. The van der Waals surface area contributed by atoms with E-state index in [1.165, 1.54) is 0 Å². The Morgan fingerprint density at radius 3 is 2.40 bits per heavy atom. The third kappa shape index (κ3) is 8.69. The molecular formula is C10H19F3O2. The number of hydrogen-bond acceptors (Lipinski definition) is 2. The Kier molecular flexibility index (Phi) is 6.92. The van der Waals surface area contributed by atoms with E-state index in [4.69, 9.17) is 4.74 Å². The largest absolute Gasteiger partial charge is 0.390 e. The van der Waals surface area contributed by atoms with Crippen LogP contribution in [-0.4, -0.2) is 30.6 Å². The number of alkyl halides is 3. The first-order chi connectivity index (χ1) is 6.87. The first-order valence-electron chi connectivity index (χ1n) is 5.19. The van der Waals surface area contributed by atoms with Gasteiger partial charge < -0.3 is 9.84 Å². The Balaban J connectivity index is 3.39. The van der Waals surface area contributed by atoms with Crippen LogP contribution < -0.4 is 0 Å². The molecule has 0 radical (unpaired) electrons. The van der Waals surface area contributed by atoms with Gasteiger partial charge in [0.25, 0.3) is 0 Å². The molecule has 0 bridgehead atoms. The summed E-state index contributed by atoms with van der Waals surface area (Å²) in [6.45, 7) is 3.99. The van der Waals surface area contributed by atoms with E-state index in [2.05, 4.69) is 0 Å². The van der Waals surface area contributed by atoms with Crippen LogP contribution in [0.4, 0.5) is 13.2 Å². The molecule has 0 rings (SSSR count). The summed E-state index contributed by atoms with van der Waals surface area (Å²) in [5, 5.41) is 9.43. The van der Waals surface area contributed by atoms with Gasteiger partial charge in [0.15, 0.2) is 0 Å². The maximum Gasteiger partial charge on any atom is 0.389 e. The van der Waals surface area contributed by atoms with Crippen molar-refractivity contribution in [3.05, 3.63) is 0 Å². The van der Waals surface area contributed by atoms with E-state index in [9.17, 15) is 18.3 Å². The first-order valence-corrected chi connectivity index (χ1v) is 5.19. The van der Waals surface area contributed by atoms with Crippen LogP contribution in [0.2, 0.25) is 0 Å². The minimum absolute atomic E-state index is 0.0449. The van der Waals surface area contributed by atoms with Crippen LogP contribution >= 0.6 is 0 Å². The number of aliphatic hydroxyl groups is 1. The smallest absolute Gasteiger partial charge is 0.389 e. The summed E-state index contributed by atoms with van der Waals surface area (Å²) in [4.78, 5) is 0. The van der Waals surface area contributed by atoms with Crippen molar-refractivity contribution in [1.29, 1.82) is 0 Å². The molecule has 5 heteroatoms. The molecule has 0 aliphatic heterocycles. The molecule has 0 aliphatic carbocycles. The minimum atomic E-state index is -4.11. The first kappa shape index (κ1) is 14.7. The molecule has 1 N–H and O–H groups in total. The zero-order valence-corrected chi connectivity index (χ0v) is 9.18. The summed E-state index contributed by atoms with van der Waals surface area (Å²) >= 11 is 0. The zero-order chi connectivity index (χ0) is 11.9. The van der Waals surface area contributed by atoms with Crippen molar-refractivity contribution in [2.24, 2.45) is 5.92 Å². The van der Waals surface area contributed by atoms with E-state index in [-0.39, 0.29) is 25.6 Å². The molecule has 0 spiro atoms. The van der Waals surface area contributed by atoms with Gasteiger partial charge in [0.05, 0.1) is 12.7 Å². The molecule has 0 aromatic carbocycles. The topological polar surface area (TPSA) is 29.5 Å². The summed E-state index contributed by atoms with van der Waals surface area (Å²) in [6.07, 6.45) is -4.74. The van der Waals surface area contributed by atoms with Crippen molar-refractivity contribution in [2.45, 2.75) is 45.4 Å². The third-order valence-corrected chi connectivity index (χ3v) is 2.34. The molecule has 0 aliphatic rings. The molecule has 0 fully saturated rings. The van der Waals surface area contributed by atoms with Gasteiger partial charge >= 0.3 is 6.18 Å². The van der Waals surface area contributed by atoms with E-state index in [0.29, 0.717) is 0 Å². The number of halogens is 3. The van der Waals surface area contributed by atoms with Crippen molar-refractivity contribution in [1.82, 2.24) is 0 Å². The standard InChI is InChI=1S/C10H19F3O2/c1-3-8(2)9(14)7-15-6-4-5-10(11,12)13/h8-9,14H,3-7H2,1-2H3.